The Morgan fingerprint density at radius 2 is 0.806 bits per heavy atom. The minimum Gasteiger partial charge on any atom is -0.313 e. The predicted octanol–water partition coefficient (Wildman–Crippen LogP) is 14.9. The lowest BCUT2D eigenvalue weighted by Crippen LogP contribution is -2.07. The summed E-state index contributed by atoms with van der Waals surface area (Å²) >= 11 is 0. The first kappa shape index (κ1) is 39.0. The highest BCUT2D eigenvalue weighted by atomic mass is 15.0. The molecule has 5 aromatic carbocycles. The zero-order valence-electron chi connectivity index (χ0n) is 37.7. The summed E-state index contributed by atoms with van der Waals surface area (Å²) in [6.07, 6.45) is 20.9. The van der Waals surface area contributed by atoms with Crippen molar-refractivity contribution in [1.82, 2.24) is 33.6 Å². The van der Waals surface area contributed by atoms with Crippen molar-refractivity contribution in [3.8, 4) is 50.4 Å². The van der Waals surface area contributed by atoms with E-state index in [1.165, 1.54) is 77.9 Å². The van der Waals surface area contributed by atoms with E-state index in [0.29, 0.717) is 5.92 Å². The summed E-state index contributed by atoms with van der Waals surface area (Å²) in [4.78, 5) is 17.8. The van der Waals surface area contributed by atoms with Crippen molar-refractivity contribution in [1.29, 1.82) is 0 Å². The van der Waals surface area contributed by atoms with Crippen molar-refractivity contribution in [2.24, 2.45) is 0 Å². The van der Waals surface area contributed by atoms with Crippen molar-refractivity contribution in [3.05, 3.63) is 205 Å². The fraction of sp³-hybridized carbons (Fsp3) is 0.100. The van der Waals surface area contributed by atoms with Crippen molar-refractivity contribution in [3.63, 3.8) is 0 Å². The van der Waals surface area contributed by atoms with Gasteiger partial charge in [0.05, 0.1) is 27.6 Å². The molecule has 0 spiro atoms. The van der Waals surface area contributed by atoms with E-state index < -0.39 is 0 Å². The minimum absolute atomic E-state index is 0.420. The van der Waals surface area contributed by atoms with E-state index in [4.69, 9.17) is 0 Å². The van der Waals surface area contributed by atoms with E-state index in [1.54, 1.807) is 0 Å². The maximum Gasteiger partial charge on any atom is 0.0572 e. The third kappa shape index (κ3) is 6.04. The van der Waals surface area contributed by atoms with Crippen LogP contribution in [0.5, 0.6) is 0 Å². The quantitative estimate of drug-likeness (QED) is 0.167. The Morgan fingerprint density at radius 3 is 1.22 bits per heavy atom. The average Bonchev–Trinajstić information content (AvgIpc) is 4.00. The second-order valence-corrected chi connectivity index (χ2v) is 18.2. The molecule has 320 valence electrons. The molecule has 1 atom stereocenters. The Kier molecular flexibility index (Phi) is 8.77. The van der Waals surface area contributed by atoms with Gasteiger partial charge < -0.3 is 13.7 Å². The number of hydrogen-bond donors (Lipinski definition) is 0. The Morgan fingerprint density at radius 1 is 0.418 bits per heavy atom. The molecule has 13 rings (SSSR count). The van der Waals surface area contributed by atoms with E-state index in [1.807, 2.05) is 49.6 Å². The molecule has 1 aliphatic rings. The highest BCUT2D eigenvalue weighted by Gasteiger charge is 2.24. The zero-order valence-corrected chi connectivity index (χ0v) is 37.7. The maximum absolute atomic E-state index is 4.46. The van der Waals surface area contributed by atoms with Gasteiger partial charge in [-0.25, -0.2) is 0 Å². The van der Waals surface area contributed by atoms with Crippen LogP contribution in [0.1, 0.15) is 47.2 Å². The SMILES string of the molecule is Cc1cc(-n2c3c(c4ccccc42)C=CCC3C)ccc1-c1cc(-c2ccc(-n3c4ccncc4c4cnccc43)cc2C)cc(-c2ccc(-n3c4ccncc4c4cnccc43)cc2C)c1. The Balaban J connectivity index is 0.971. The molecule has 7 heterocycles. The molecule has 1 unspecified atom stereocenters. The summed E-state index contributed by atoms with van der Waals surface area (Å²) in [5.41, 5.74) is 22.6. The summed E-state index contributed by atoms with van der Waals surface area (Å²) in [6.45, 7) is 9.08. The van der Waals surface area contributed by atoms with Gasteiger partial charge in [-0.05, 0) is 162 Å². The average molecular weight is 864 g/mol. The number of nitrogens with zero attached hydrogens (tertiary/aromatic N) is 7. The zero-order chi connectivity index (χ0) is 44.9. The molecular formula is C60H45N7. The van der Waals surface area contributed by atoms with Crippen LogP contribution in [0.4, 0.5) is 0 Å². The van der Waals surface area contributed by atoms with Gasteiger partial charge >= 0.3 is 0 Å². The molecule has 0 saturated heterocycles. The highest BCUT2D eigenvalue weighted by Crippen LogP contribution is 2.42. The van der Waals surface area contributed by atoms with Crippen LogP contribution in [0.25, 0.3) is 111 Å². The molecule has 12 aromatic rings. The molecule has 7 nitrogen and oxygen atoms in total. The maximum atomic E-state index is 4.46. The van der Waals surface area contributed by atoms with Gasteiger partial charge in [0, 0.05) is 111 Å². The van der Waals surface area contributed by atoms with Gasteiger partial charge in [-0.2, -0.15) is 0 Å². The Labute approximate surface area is 388 Å². The molecule has 0 amide bonds. The van der Waals surface area contributed by atoms with Gasteiger partial charge in [0.15, 0.2) is 0 Å². The van der Waals surface area contributed by atoms with Crippen LogP contribution in [-0.2, 0) is 0 Å². The minimum atomic E-state index is 0.420. The molecule has 0 radical (unpaired) electrons. The number of aryl methyl sites for hydroxylation is 3. The molecule has 1 aliphatic carbocycles. The van der Waals surface area contributed by atoms with Crippen molar-refractivity contribution in [2.75, 3.05) is 0 Å². The second kappa shape index (κ2) is 15.1. The molecule has 0 bridgehead atoms. The molecule has 67 heavy (non-hydrogen) atoms. The number of hydrogen-bond acceptors (Lipinski definition) is 4. The van der Waals surface area contributed by atoms with Gasteiger partial charge in [0.1, 0.15) is 0 Å². The molecular weight excluding hydrogens is 819 g/mol. The molecule has 0 fully saturated rings. The summed E-state index contributed by atoms with van der Waals surface area (Å²) in [5, 5.41) is 5.68. The largest absolute Gasteiger partial charge is 0.313 e. The fourth-order valence-corrected chi connectivity index (χ4v) is 11.1. The van der Waals surface area contributed by atoms with Gasteiger partial charge in [0.25, 0.3) is 0 Å². The number of para-hydroxylation sites is 1. The second-order valence-electron chi connectivity index (χ2n) is 18.2. The number of rotatable bonds is 6. The number of pyridine rings is 4. The first-order valence-corrected chi connectivity index (χ1v) is 23.0. The normalized spacial score (nSPS) is 13.7. The number of fused-ring (bicyclic) bond motifs is 9. The van der Waals surface area contributed by atoms with Crippen LogP contribution >= 0.6 is 0 Å². The smallest absolute Gasteiger partial charge is 0.0572 e. The van der Waals surface area contributed by atoms with Gasteiger partial charge in [-0.15, -0.1) is 0 Å². The van der Waals surface area contributed by atoms with Gasteiger partial charge in [-0.3, -0.25) is 19.9 Å². The molecule has 0 N–H and O–H groups in total. The standard InChI is InChI=1S/C60H45N7/c1-36-8-7-10-50-49-9-5-6-11-55(49)67(60(36)50)45-14-17-48(39(4)28-45)42-30-40(46-15-12-43(26-37(46)2)65-56-18-22-61-32-51(56)52-33-62-23-19-57(52)65)29-41(31-42)47-16-13-44(27-38(47)3)66-58-20-24-63-34-53(58)54-35-64-25-21-59(54)66/h5-7,9-36H,8H2,1-4H3. The highest BCUT2D eigenvalue weighted by molar-refractivity contribution is 6.09. The third-order valence-corrected chi connectivity index (χ3v) is 14.2. The summed E-state index contributed by atoms with van der Waals surface area (Å²) in [5.74, 6) is 0.420. The molecule has 7 heteroatoms. The van der Waals surface area contributed by atoms with E-state index in [0.717, 1.165) is 61.4 Å². The first-order chi connectivity index (χ1) is 32.9. The van der Waals surface area contributed by atoms with Crippen molar-refractivity contribution in [2.45, 2.75) is 40.0 Å². The van der Waals surface area contributed by atoms with Crippen LogP contribution in [0.2, 0.25) is 0 Å². The number of aromatic nitrogens is 7. The van der Waals surface area contributed by atoms with Crippen LogP contribution in [0, 0.1) is 20.8 Å². The predicted molar refractivity (Wildman–Crippen MR) is 276 cm³/mol. The van der Waals surface area contributed by atoms with Gasteiger partial charge in [-0.1, -0.05) is 55.5 Å². The Bertz CT molecular complexity index is 3740. The van der Waals surface area contributed by atoms with E-state index in [2.05, 4.69) is 195 Å². The van der Waals surface area contributed by atoms with E-state index >= 15 is 0 Å². The van der Waals surface area contributed by atoms with E-state index in [-0.39, 0.29) is 0 Å². The number of benzene rings is 5. The lowest BCUT2D eigenvalue weighted by atomic mass is 9.89. The molecule has 0 aliphatic heterocycles. The molecule has 0 saturated carbocycles. The Hall–Kier alpha value is -8.42. The third-order valence-electron chi connectivity index (χ3n) is 14.2. The topological polar surface area (TPSA) is 66.3 Å². The monoisotopic (exact) mass is 863 g/mol. The van der Waals surface area contributed by atoms with E-state index in [9.17, 15) is 0 Å². The van der Waals surface area contributed by atoms with Gasteiger partial charge in [0.2, 0.25) is 0 Å². The van der Waals surface area contributed by atoms with Crippen LogP contribution < -0.4 is 0 Å². The lowest BCUT2D eigenvalue weighted by molar-refractivity contribution is 0.723. The van der Waals surface area contributed by atoms with Crippen LogP contribution in [0.15, 0.2) is 177 Å². The summed E-state index contributed by atoms with van der Waals surface area (Å²) < 4.78 is 7.16. The van der Waals surface area contributed by atoms with Crippen molar-refractivity contribution < 1.29 is 0 Å². The fourth-order valence-electron chi connectivity index (χ4n) is 11.1. The lowest BCUT2D eigenvalue weighted by Gasteiger charge is -2.21. The van der Waals surface area contributed by atoms with Crippen LogP contribution in [0.3, 0.4) is 0 Å². The van der Waals surface area contributed by atoms with Crippen molar-refractivity contribution >= 4 is 60.6 Å². The summed E-state index contributed by atoms with van der Waals surface area (Å²) in [7, 11) is 0. The summed E-state index contributed by atoms with van der Waals surface area (Å²) in [6, 6.07) is 45.1. The first-order valence-electron chi connectivity index (χ1n) is 23.0. The molecule has 7 aromatic heterocycles. The number of allylic oxidation sites excluding steroid dienone is 1. The van der Waals surface area contributed by atoms with Crippen LogP contribution in [-0.4, -0.2) is 33.6 Å².